The summed E-state index contributed by atoms with van der Waals surface area (Å²) in [5.41, 5.74) is 0.639. The molecular weight excluding hydrogens is 156 g/mol. The van der Waals surface area contributed by atoms with Gasteiger partial charge in [-0.3, -0.25) is 0 Å². The number of aryl methyl sites for hydroxylation is 1. The van der Waals surface area contributed by atoms with Crippen LogP contribution >= 0.6 is 0 Å². The third kappa shape index (κ3) is 1.78. The average molecular weight is 166 g/mol. The fourth-order valence-electron chi connectivity index (χ4n) is 0.902. The van der Waals surface area contributed by atoms with Crippen molar-refractivity contribution in [2.24, 2.45) is 0 Å². The van der Waals surface area contributed by atoms with E-state index in [1.54, 1.807) is 13.1 Å². The number of aldehydes is 1. The first-order chi connectivity index (χ1) is 5.77. The summed E-state index contributed by atoms with van der Waals surface area (Å²) in [6.07, 6.45) is 2.64. The molecule has 0 unspecified atom stereocenters. The molecule has 4 nitrogen and oxygen atoms in total. The van der Waals surface area contributed by atoms with E-state index in [2.05, 4.69) is 9.97 Å². The van der Waals surface area contributed by atoms with Crippen LogP contribution in [0.1, 0.15) is 11.5 Å². The number of ether oxygens (including phenoxy) is 1. The molecule has 0 atom stereocenters. The predicted octanol–water partition coefficient (Wildman–Crippen LogP) is 0.535. The van der Waals surface area contributed by atoms with Gasteiger partial charge in [-0.25, -0.2) is 9.97 Å². The van der Waals surface area contributed by atoms with Crippen molar-refractivity contribution in [3.05, 3.63) is 17.7 Å². The molecule has 1 rings (SSSR count). The van der Waals surface area contributed by atoms with Crippen molar-refractivity contribution in [2.45, 2.75) is 13.3 Å². The highest BCUT2D eigenvalue weighted by atomic mass is 16.5. The van der Waals surface area contributed by atoms with Crippen LogP contribution in [0.4, 0.5) is 0 Å². The van der Waals surface area contributed by atoms with E-state index in [9.17, 15) is 4.79 Å². The Labute approximate surface area is 70.6 Å². The minimum atomic E-state index is 0.270. The van der Waals surface area contributed by atoms with Crippen LogP contribution in [0.25, 0.3) is 0 Å². The molecule has 0 bridgehead atoms. The molecule has 4 heteroatoms. The van der Waals surface area contributed by atoms with Crippen molar-refractivity contribution in [3.8, 4) is 5.75 Å². The van der Waals surface area contributed by atoms with E-state index < -0.39 is 0 Å². The van der Waals surface area contributed by atoms with E-state index in [1.165, 1.54) is 7.11 Å². The zero-order chi connectivity index (χ0) is 8.97. The highest BCUT2D eigenvalue weighted by molar-refractivity contribution is 5.55. The van der Waals surface area contributed by atoms with Gasteiger partial charge in [-0.15, -0.1) is 0 Å². The standard InChI is InChI=1S/C8H10N2O2/c1-6-9-5-8(12-2)7(10-6)3-4-11/h4-5H,3H2,1-2H3. The van der Waals surface area contributed by atoms with Gasteiger partial charge in [0.25, 0.3) is 0 Å². The fraction of sp³-hybridized carbons (Fsp3) is 0.375. The summed E-state index contributed by atoms with van der Waals surface area (Å²) in [7, 11) is 1.53. The maximum absolute atomic E-state index is 10.2. The molecule has 0 aliphatic carbocycles. The lowest BCUT2D eigenvalue weighted by molar-refractivity contribution is -0.107. The molecule has 0 aromatic carbocycles. The van der Waals surface area contributed by atoms with Gasteiger partial charge in [-0.1, -0.05) is 0 Å². The summed E-state index contributed by atoms with van der Waals surface area (Å²) in [4.78, 5) is 18.2. The monoisotopic (exact) mass is 166 g/mol. The number of hydrogen-bond donors (Lipinski definition) is 0. The second-order valence-corrected chi connectivity index (χ2v) is 2.30. The van der Waals surface area contributed by atoms with Crippen molar-refractivity contribution < 1.29 is 9.53 Å². The summed E-state index contributed by atoms with van der Waals surface area (Å²) in [5.74, 6) is 1.21. The molecule has 0 saturated heterocycles. The number of nitrogens with zero attached hydrogens (tertiary/aromatic N) is 2. The Morgan fingerprint density at radius 1 is 1.67 bits per heavy atom. The Bertz CT molecular complexity index is 286. The van der Waals surface area contributed by atoms with Gasteiger partial charge in [0.2, 0.25) is 0 Å². The first-order valence-electron chi connectivity index (χ1n) is 3.58. The molecule has 1 heterocycles. The molecule has 1 aromatic rings. The second kappa shape index (κ2) is 3.80. The number of carbonyl (C=O) groups is 1. The van der Waals surface area contributed by atoms with Gasteiger partial charge in [0.15, 0.2) is 5.75 Å². The van der Waals surface area contributed by atoms with Crippen molar-refractivity contribution in [2.75, 3.05) is 7.11 Å². The van der Waals surface area contributed by atoms with E-state index in [-0.39, 0.29) is 6.42 Å². The summed E-state index contributed by atoms with van der Waals surface area (Å²) < 4.78 is 4.97. The van der Waals surface area contributed by atoms with Crippen LogP contribution in [0.2, 0.25) is 0 Å². The molecule has 0 spiro atoms. The van der Waals surface area contributed by atoms with Crippen LogP contribution in [-0.2, 0) is 11.2 Å². The quantitative estimate of drug-likeness (QED) is 0.615. The molecule has 0 amide bonds. The molecule has 12 heavy (non-hydrogen) atoms. The molecule has 1 aromatic heterocycles. The van der Waals surface area contributed by atoms with E-state index in [0.29, 0.717) is 17.3 Å². The van der Waals surface area contributed by atoms with Gasteiger partial charge in [0.05, 0.1) is 19.0 Å². The Hall–Kier alpha value is -1.45. The Morgan fingerprint density at radius 2 is 2.42 bits per heavy atom. The smallest absolute Gasteiger partial charge is 0.159 e. The largest absolute Gasteiger partial charge is 0.493 e. The number of carbonyl (C=O) groups excluding carboxylic acids is 1. The van der Waals surface area contributed by atoms with Crippen LogP contribution < -0.4 is 4.74 Å². The van der Waals surface area contributed by atoms with Crippen LogP contribution in [0.5, 0.6) is 5.75 Å². The van der Waals surface area contributed by atoms with E-state index in [0.717, 1.165) is 6.29 Å². The van der Waals surface area contributed by atoms with E-state index >= 15 is 0 Å². The lowest BCUT2D eigenvalue weighted by atomic mass is 10.3. The van der Waals surface area contributed by atoms with Crippen LogP contribution in [0.15, 0.2) is 6.20 Å². The zero-order valence-electron chi connectivity index (χ0n) is 7.07. The van der Waals surface area contributed by atoms with Crippen LogP contribution in [-0.4, -0.2) is 23.4 Å². The van der Waals surface area contributed by atoms with Gasteiger partial charge in [-0.2, -0.15) is 0 Å². The molecule has 0 N–H and O–H groups in total. The summed E-state index contributed by atoms with van der Waals surface area (Å²) in [6.45, 7) is 1.77. The average Bonchev–Trinajstić information content (AvgIpc) is 2.05. The molecule has 0 fully saturated rings. The highest BCUT2D eigenvalue weighted by Gasteiger charge is 2.03. The zero-order valence-corrected chi connectivity index (χ0v) is 7.07. The van der Waals surface area contributed by atoms with Crippen LogP contribution in [0.3, 0.4) is 0 Å². The SMILES string of the molecule is COc1cnc(C)nc1CC=O. The Kier molecular flexibility index (Phi) is 2.74. The van der Waals surface area contributed by atoms with Crippen LogP contribution in [0, 0.1) is 6.92 Å². The van der Waals surface area contributed by atoms with Crippen molar-refractivity contribution in [1.82, 2.24) is 9.97 Å². The first-order valence-corrected chi connectivity index (χ1v) is 3.58. The topological polar surface area (TPSA) is 52.1 Å². The van der Waals surface area contributed by atoms with Gasteiger partial charge in [0.1, 0.15) is 12.1 Å². The third-order valence-electron chi connectivity index (χ3n) is 1.45. The Morgan fingerprint density at radius 3 is 3.00 bits per heavy atom. The molecule has 0 aliphatic rings. The maximum atomic E-state index is 10.2. The first kappa shape index (κ1) is 8.64. The maximum Gasteiger partial charge on any atom is 0.159 e. The van der Waals surface area contributed by atoms with Crippen molar-refractivity contribution in [3.63, 3.8) is 0 Å². The molecule has 0 saturated carbocycles. The number of rotatable bonds is 3. The lowest BCUT2D eigenvalue weighted by Crippen LogP contribution is -2.00. The summed E-state index contributed by atoms with van der Waals surface area (Å²) >= 11 is 0. The number of aromatic nitrogens is 2. The van der Waals surface area contributed by atoms with Gasteiger partial charge in [-0.05, 0) is 6.92 Å². The fourth-order valence-corrected chi connectivity index (χ4v) is 0.902. The van der Waals surface area contributed by atoms with Gasteiger partial charge >= 0.3 is 0 Å². The Balaban J connectivity index is 3.03. The van der Waals surface area contributed by atoms with Crippen molar-refractivity contribution in [1.29, 1.82) is 0 Å². The minimum absolute atomic E-state index is 0.270. The van der Waals surface area contributed by atoms with E-state index in [1.807, 2.05) is 0 Å². The predicted molar refractivity (Wildman–Crippen MR) is 43.1 cm³/mol. The third-order valence-corrected chi connectivity index (χ3v) is 1.45. The number of methoxy groups -OCH3 is 1. The highest BCUT2D eigenvalue weighted by Crippen LogP contribution is 2.13. The second-order valence-electron chi connectivity index (χ2n) is 2.30. The lowest BCUT2D eigenvalue weighted by Gasteiger charge is -2.03. The molecule has 0 aliphatic heterocycles. The van der Waals surface area contributed by atoms with Gasteiger partial charge < -0.3 is 9.53 Å². The normalized spacial score (nSPS) is 9.50. The molecular formula is C8H10N2O2. The summed E-state index contributed by atoms with van der Waals surface area (Å²) in [5, 5.41) is 0. The molecule has 0 radical (unpaired) electrons. The van der Waals surface area contributed by atoms with Crippen molar-refractivity contribution >= 4 is 6.29 Å². The summed E-state index contributed by atoms with van der Waals surface area (Å²) in [6, 6.07) is 0. The van der Waals surface area contributed by atoms with Gasteiger partial charge in [0, 0.05) is 6.42 Å². The minimum Gasteiger partial charge on any atom is -0.493 e. The molecule has 64 valence electrons. The van der Waals surface area contributed by atoms with E-state index in [4.69, 9.17) is 4.74 Å². The number of hydrogen-bond acceptors (Lipinski definition) is 4.